The highest BCUT2D eigenvalue weighted by molar-refractivity contribution is 7.99. The predicted molar refractivity (Wildman–Crippen MR) is 68.2 cm³/mol. The molecule has 0 aromatic carbocycles. The summed E-state index contributed by atoms with van der Waals surface area (Å²) in [6.45, 7) is 5.16. The van der Waals surface area contributed by atoms with Gasteiger partial charge in [-0.05, 0) is 13.3 Å². The maximum Gasteiger partial charge on any atom is 0.316 e. The molecular formula is C11H17N3O2S. The average molecular weight is 255 g/mol. The normalized spacial score (nSPS) is 10.0. The molecule has 0 spiro atoms. The number of hydrogen-bond acceptors (Lipinski definition) is 6. The van der Waals surface area contributed by atoms with Crippen molar-refractivity contribution in [2.24, 2.45) is 0 Å². The first-order valence-corrected chi connectivity index (χ1v) is 6.59. The molecule has 6 heteroatoms. The van der Waals surface area contributed by atoms with Gasteiger partial charge >= 0.3 is 5.97 Å². The average Bonchev–Trinajstić information content (AvgIpc) is 2.35. The van der Waals surface area contributed by atoms with Crippen LogP contribution in [0.5, 0.6) is 0 Å². The predicted octanol–water partition coefficient (Wildman–Crippen LogP) is 1.95. The van der Waals surface area contributed by atoms with Gasteiger partial charge < -0.3 is 10.1 Å². The highest BCUT2D eigenvalue weighted by Gasteiger charge is 2.05. The van der Waals surface area contributed by atoms with Gasteiger partial charge in [-0.3, -0.25) is 4.79 Å². The van der Waals surface area contributed by atoms with E-state index in [1.54, 1.807) is 6.92 Å². The lowest BCUT2D eigenvalue weighted by Crippen LogP contribution is -2.07. The number of hydrogen-bond donors (Lipinski definition) is 1. The largest absolute Gasteiger partial charge is 0.465 e. The summed E-state index contributed by atoms with van der Waals surface area (Å²) in [6, 6.07) is 1.83. The molecule has 0 saturated carbocycles. The summed E-state index contributed by atoms with van der Waals surface area (Å²) in [5.41, 5.74) is 0. The van der Waals surface area contributed by atoms with Gasteiger partial charge in [-0.1, -0.05) is 18.7 Å². The molecule has 1 aromatic heterocycles. The number of thioether (sulfide) groups is 1. The van der Waals surface area contributed by atoms with Gasteiger partial charge in [0, 0.05) is 12.6 Å². The number of anilines is 1. The quantitative estimate of drug-likeness (QED) is 0.456. The summed E-state index contributed by atoms with van der Waals surface area (Å²) in [7, 11) is 0. The lowest BCUT2D eigenvalue weighted by Gasteiger charge is -2.05. The van der Waals surface area contributed by atoms with Crippen LogP contribution in [-0.2, 0) is 9.53 Å². The van der Waals surface area contributed by atoms with E-state index >= 15 is 0 Å². The molecule has 1 heterocycles. The molecule has 0 saturated heterocycles. The number of carbonyl (C=O) groups is 1. The fraction of sp³-hybridized carbons (Fsp3) is 0.545. The highest BCUT2D eigenvalue weighted by atomic mass is 32.2. The van der Waals surface area contributed by atoms with E-state index in [2.05, 4.69) is 22.2 Å². The van der Waals surface area contributed by atoms with E-state index in [0.717, 1.165) is 23.8 Å². The zero-order chi connectivity index (χ0) is 12.5. The molecule has 0 fully saturated rings. The van der Waals surface area contributed by atoms with Crippen molar-refractivity contribution < 1.29 is 9.53 Å². The topological polar surface area (TPSA) is 64.1 Å². The van der Waals surface area contributed by atoms with Crippen molar-refractivity contribution in [2.75, 3.05) is 24.2 Å². The third kappa shape index (κ3) is 5.53. The van der Waals surface area contributed by atoms with Crippen LogP contribution in [0.1, 0.15) is 20.3 Å². The molecule has 0 aliphatic rings. The van der Waals surface area contributed by atoms with Crippen LogP contribution in [0.3, 0.4) is 0 Å². The first-order valence-electron chi connectivity index (χ1n) is 5.60. The number of esters is 1. The third-order valence-corrected chi connectivity index (χ3v) is 2.74. The van der Waals surface area contributed by atoms with Gasteiger partial charge in [0.1, 0.15) is 17.2 Å². The Morgan fingerprint density at radius 3 is 3.00 bits per heavy atom. The summed E-state index contributed by atoms with van der Waals surface area (Å²) in [5.74, 6) is 0.838. The number of rotatable bonds is 7. The first kappa shape index (κ1) is 13.8. The van der Waals surface area contributed by atoms with Crippen LogP contribution in [-0.4, -0.2) is 34.8 Å². The lowest BCUT2D eigenvalue weighted by molar-refractivity contribution is -0.139. The molecule has 17 heavy (non-hydrogen) atoms. The fourth-order valence-corrected chi connectivity index (χ4v) is 1.77. The fourth-order valence-electron chi connectivity index (χ4n) is 1.10. The minimum atomic E-state index is -0.223. The second-order valence-corrected chi connectivity index (χ2v) is 4.26. The Kier molecular flexibility index (Phi) is 6.39. The summed E-state index contributed by atoms with van der Waals surface area (Å²) in [6.07, 6.45) is 2.53. The maximum atomic E-state index is 11.2. The van der Waals surface area contributed by atoms with E-state index in [1.165, 1.54) is 18.1 Å². The molecule has 0 radical (unpaired) electrons. The number of nitrogens with zero attached hydrogens (tertiary/aromatic N) is 2. The van der Waals surface area contributed by atoms with Crippen molar-refractivity contribution in [1.82, 2.24) is 9.97 Å². The monoisotopic (exact) mass is 255 g/mol. The number of carbonyl (C=O) groups excluding carboxylic acids is 1. The van der Waals surface area contributed by atoms with Crippen molar-refractivity contribution in [3.8, 4) is 0 Å². The Morgan fingerprint density at radius 2 is 2.29 bits per heavy atom. The summed E-state index contributed by atoms with van der Waals surface area (Å²) >= 11 is 1.35. The van der Waals surface area contributed by atoms with E-state index in [0.29, 0.717) is 6.61 Å². The van der Waals surface area contributed by atoms with Gasteiger partial charge in [0.05, 0.1) is 12.4 Å². The molecule has 1 aromatic rings. The molecule has 1 N–H and O–H groups in total. The van der Waals surface area contributed by atoms with E-state index < -0.39 is 0 Å². The van der Waals surface area contributed by atoms with Crippen LogP contribution < -0.4 is 5.32 Å². The van der Waals surface area contributed by atoms with Crippen LogP contribution in [0.2, 0.25) is 0 Å². The van der Waals surface area contributed by atoms with Gasteiger partial charge in [0.2, 0.25) is 0 Å². The van der Waals surface area contributed by atoms with E-state index in [1.807, 2.05) is 6.07 Å². The Hall–Kier alpha value is -1.30. The minimum absolute atomic E-state index is 0.223. The molecule has 0 bridgehead atoms. The van der Waals surface area contributed by atoms with Crippen LogP contribution in [0, 0.1) is 0 Å². The van der Waals surface area contributed by atoms with E-state index in [9.17, 15) is 4.79 Å². The number of ether oxygens (including phenoxy) is 1. The second kappa shape index (κ2) is 7.89. The standard InChI is InChI=1S/C11H17N3O2S/c1-3-5-12-9-6-10(14-8-13-9)17-7-11(15)16-4-2/h6,8H,3-5,7H2,1-2H3,(H,12,13,14). The maximum absolute atomic E-state index is 11.2. The Morgan fingerprint density at radius 1 is 1.47 bits per heavy atom. The molecule has 5 nitrogen and oxygen atoms in total. The number of nitrogens with one attached hydrogen (secondary N) is 1. The van der Waals surface area contributed by atoms with Crippen LogP contribution in [0.4, 0.5) is 5.82 Å². The van der Waals surface area contributed by atoms with E-state index in [-0.39, 0.29) is 11.7 Å². The summed E-state index contributed by atoms with van der Waals surface area (Å²) in [5, 5.41) is 3.94. The molecule has 0 aliphatic heterocycles. The number of aromatic nitrogens is 2. The van der Waals surface area contributed by atoms with Crippen LogP contribution in [0.15, 0.2) is 17.4 Å². The van der Waals surface area contributed by atoms with Gasteiger partial charge in [0.25, 0.3) is 0 Å². The molecule has 0 amide bonds. The molecule has 94 valence electrons. The summed E-state index contributed by atoms with van der Waals surface area (Å²) in [4.78, 5) is 19.3. The van der Waals surface area contributed by atoms with Gasteiger partial charge in [-0.2, -0.15) is 0 Å². The van der Waals surface area contributed by atoms with Crippen LogP contribution in [0.25, 0.3) is 0 Å². The molecule has 0 unspecified atom stereocenters. The minimum Gasteiger partial charge on any atom is -0.465 e. The zero-order valence-electron chi connectivity index (χ0n) is 10.1. The first-order chi connectivity index (χ1) is 8.26. The zero-order valence-corrected chi connectivity index (χ0v) is 10.9. The Labute approximate surface area is 105 Å². The van der Waals surface area contributed by atoms with Crippen molar-refractivity contribution in [1.29, 1.82) is 0 Å². The van der Waals surface area contributed by atoms with Gasteiger partial charge in [-0.25, -0.2) is 9.97 Å². The van der Waals surface area contributed by atoms with Crippen LogP contribution >= 0.6 is 11.8 Å². The smallest absolute Gasteiger partial charge is 0.316 e. The lowest BCUT2D eigenvalue weighted by atomic mass is 10.4. The van der Waals surface area contributed by atoms with E-state index in [4.69, 9.17) is 4.74 Å². The SMILES string of the molecule is CCCNc1cc(SCC(=O)OCC)ncn1. The van der Waals surface area contributed by atoms with Crippen molar-refractivity contribution in [2.45, 2.75) is 25.3 Å². The highest BCUT2D eigenvalue weighted by Crippen LogP contribution is 2.17. The summed E-state index contributed by atoms with van der Waals surface area (Å²) < 4.78 is 4.84. The molecule has 0 aliphatic carbocycles. The molecule has 0 atom stereocenters. The molecular weight excluding hydrogens is 238 g/mol. The van der Waals surface area contributed by atoms with Crippen molar-refractivity contribution in [3.05, 3.63) is 12.4 Å². The van der Waals surface area contributed by atoms with Gasteiger partial charge in [0.15, 0.2) is 0 Å². The van der Waals surface area contributed by atoms with Crippen molar-refractivity contribution in [3.63, 3.8) is 0 Å². The second-order valence-electron chi connectivity index (χ2n) is 3.26. The van der Waals surface area contributed by atoms with Crippen molar-refractivity contribution >= 4 is 23.5 Å². The van der Waals surface area contributed by atoms with Gasteiger partial charge in [-0.15, -0.1) is 0 Å². The Bertz CT molecular complexity index is 360. The Balaban J connectivity index is 2.45. The molecule has 1 rings (SSSR count). The third-order valence-electron chi connectivity index (χ3n) is 1.84.